The molecular formula is C25H30Cl2N2O4. The number of amides is 2. The van der Waals surface area contributed by atoms with Gasteiger partial charge in [-0.25, -0.2) is 0 Å². The van der Waals surface area contributed by atoms with Crippen molar-refractivity contribution in [2.45, 2.75) is 57.7 Å². The summed E-state index contributed by atoms with van der Waals surface area (Å²) in [5, 5.41) is 4.06. The number of benzene rings is 2. The predicted molar refractivity (Wildman–Crippen MR) is 130 cm³/mol. The van der Waals surface area contributed by atoms with E-state index in [2.05, 4.69) is 5.32 Å². The molecule has 1 fully saturated rings. The molecule has 0 aromatic heterocycles. The van der Waals surface area contributed by atoms with Crippen molar-refractivity contribution in [1.82, 2.24) is 10.2 Å². The summed E-state index contributed by atoms with van der Waals surface area (Å²) in [6.45, 7) is 1.69. The summed E-state index contributed by atoms with van der Waals surface area (Å²) in [7, 11) is 1.58. The lowest BCUT2D eigenvalue weighted by molar-refractivity contribution is -0.142. The highest BCUT2D eigenvalue weighted by molar-refractivity contribution is 6.35. The maximum absolute atomic E-state index is 13.2. The van der Waals surface area contributed by atoms with Gasteiger partial charge in [-0.05, 0) is 61.7 Å². The average Bonchev–Trinajstić information content (AvgIpc) is 2.82. The molecule has 0 spiro atoms. The minimum atomic E-state index is -0.689. The number of nitrogens with one attached hydrogen (secondary N) is 1. The standard InChI is InChI=1S/C25H30Cl2N2O4/c1-17(25(31)28-20-6-4-3-5-7-20)29(15-18-8-9-19(26)14-23(18)27)24(30)16-33-22-12-10-21(32-2)11-13-22/h8-14,17,20H,3-7,15-16H2,1-2H3,(H,28,31)/t17-/m0/s1. The molecule has 1 N–H and O–H groups in total. The van der Waals surface area contributed by atoms with E-state index in [1.165, 1.54) is 11.3 Å². The van der Waals surface area contributed by atoms with E-state index in [1.807, 2.05) is 0 Å². The van der Waals surface area contributed by atoms with E-state index >= 15 is 0 Å². The highest BCUT2D eigenvalue weighted by atomic mass is 35.5. The summed E-state index contributed by atoms with van der Waals surface area (Å²) >= 11 is 12.4. The lowest BCUT2D eigenvalue weighted by Gasteiger charge is -2.31. The van der Waals surface area contributed by atoms with E-state index in [9.17, 15) is 9.59 Å². The number of carbonyl (C=O) groups excluding carboxylic acids is 2. The second-order valence-electron chi connectivity index (χ2n) is 8.24. The third-order valence-corrected chi connectivity index (χ3v) is 6.48. The van der Waals surface area contributed by atoms with Crippen molar-refractivity contribution < 1.29 is 19.1 Å². The van der Waals surface area contributed by atoms with Gasteiger partial charge in [0.15, 0.2) is 6.61 Å². The summed E-state index contributed by atoms with van der Waals surface area (Å²) in [5.41, 5.74) is 0.705. The van der Waals surface area contributed by atoms with Crippen LogP contribution in [0.2, 0.25) is 10.0 Å². The zero-order valence-corrected chi connectivity index (χ0v) is 20.5. The van der Waals surface area contributed by atoms with Gasteiger partial charge in [0.1, 0.15) is 17.5 Å². The zero-order valence-electron chi connectivity index (χ0n) is 19.0. The highest BCUT2D eigenvalue weighted by Crippen LogP contribution is 2.24. The Balaban J connectivity index is 1.72. The number of nitrogens with zero attached hydrogens (tertiary/aromatic N) is 1. The SMILES string of the molecule is COc1ccc(OCC(=O)N(Cc2ccc(Cl)cc2Cl)[C@@H](C)C(=O)NC2CCCCC2)cc1. The van der Waals surface area contributed by atoms with Crippen LogP contribution in [0.4, 0.5) is 0 Å². The molecule has 8 heteroatoms. The molecule has 6 nitrogen and oxygen atoms in total. The van der Waals surface area contributed by atoms with Crippen LogP contribution < -0.4 is 14.8 Å². The first-order valence-corrected chi connectivity index (χ1v) is 11.9. The van der Waals surface area contributed by atoms with Crippen LogP contribution in [0.15, 0.2) is 42.5 Å². The number of methoxy groups -OCH3 is 1. The fourth-order valence-electron chi connectivity index (χ4n) is 3.88. The van der Waals surface area contributed by atoms with Gasteiger partial charge >= 0.3 is 0 Å². The third kappa shape index (κ3) is 7.27. The Kier molecular flexibility index (Phi) is 9.27. The van der Waals surface area contributed by atoms with Gasteiger partial charge in [-0.2, -0.15) is 0 Å². The van der Waals surface area contributed by atoms with Crippen LogP contribution in [0.25, 0.3) is 0 Å². The molecule has 0 radical (unpaired) electrons. The quantitative estimate of drug-likeness (QED) is 0.519. The topological polar surface area (TPSA) is 67.9 Å². The summed E-state index contributed by atoms with van der Waals surface area (Å²) < 4.78 is 10.8. The van der Waals surface area contributed by atoms with Gasteiger partial charge in [0, 0.05) is 22.6 Å². The Morgan fingerprint density at radius 2 is 1.73 bits per heavy atom. The van der Waals surface area contributed by atoms with Gasteiger partial charge in [-0.15, -0.1) is 0 Å². The molecule has 33 heavy (non-hydrogen) atoms. The Morgan fingerprint density at radius 1 is 1.06 bits per heavy atom. The van der Waals surface area contributed by atoms with Crippen molar-refractivity contribution in [3.63, 3.8) is 0 Å². The van der Waals surface area contributed by atoms with E-state index in [0.717, 1.165) is 25.7 Å². The summed E-state index contributed by atoms with van der Waals surface area (Å²) in [4.78, 5) is 27.7. The van der Waals surface area contributed by atoms with Crippen LogP contribution >= 0.6 is 23.2 Å². The largest absolute Gasteiger partial charge is 0.497 e. The predicted octanol–water partition coefficient (Wildman–Crippen LogP) is 5.25. The van der Waals surface area contributed by atoms with E-state index < -0.39 is 6.04 Å². The maximum atomic E-state index is 13.2. The Morgan fingerprint density at radius 3 is 2.36 bits per heavy atom. The third-order valence-electron chi connectivity index (χ3n) is 5.90. The number of hydrogen-bond acceptors (Lipinski definition) is 4. The van der Waals surface area contributed by atoms with Gasteiger partial charge in [-0.1, -0.05) is 48.5 Å². The number of carbonyl (C=O) groups is 2. The van der Waals surface area contributed by atoms with Crippen molar-refractivity contribution in [3.05, 3.63) is 58.1 Å². The molecule has 178 valence electrons. The van der Waals surface area contributed by atoms with Crippen LogP contribution in [0.3, 0.4) is 0 Å². The molecule has 0 bridgehead atoms. The van der Waals surface area contributed by atoms with E-state index in [-0.39, 0.29) is 31.0 Å². The summed E-state index contributed by atoms with van der Waals surface area (Å²) in [6.07, 6.45) is 5.35. The average molecular weight is 493 g/mol. The first-order chi connectivity index (χ1) is 15.9. The normalized spacial score (nSPS) is 14.9. The second kappa shape index (κ2) is 12.1. The minimum Gasteiger partial charge on any atom is -0.497 e. The number of hydrogen-bond donors (Lipinski definition) is 1. The van der Waals surface area contributed by atoms with Gasteiger partial charge in [0.25, 0.3) is 5.91 Å². The van der Waals surface area contributed by atoms with Crippen LogP contribution in [-0.2, 0) is 16.1 Å². The molecular weight excluding hydrogens is 463 g/mol. The maximum Gasteiger partial charge on any atom is 0.261 e. The van der Waals surface area contributed by atoms with Crippen LogP contribution in [-0.4, -0.2) is 42.5 Å². The fraction of sp³-hybridized carbons (Fsp3) is 0.440. The first-order valence-electron chi connectivity index (χ1n) is 11.2. The van der Waals surface area contributed by atoms with Crippen LogP contribution in [0, 0.1) is 0 Å². The molecule has 3 rings (SSSR count). The molecule has 1 atom stereocenters. The Hall–Kier alpha value is -2.44. The minimum absolute atomic E-state index is 0.153. The second-order valence-corrected chi connectivity index (χ2v) is 9.08. The van der Waals surface area contributed by atoms with Crippen LogP contribution in [0.5, 0.6) is 11.5 Å². The molecule has 2 amide bonds. The van der Waals surface area contributed by atoms with Crippen molar-refractivity contribution in [2.75, 3.05) is 13.7 Å². The van der Waals surface area contributed by atoms with E-state index in [0.29, 0.717) is 27.1 Å². The van der Waals surface area contributed by atoms with E-state index in [1.54, 1.807) is 56.5 Å². The van der Waals surface area contributed by atoms with Gasteiger partial charge in [0.05, 0.1) is 7.11 Å². The lowest BCUT2D eigenvalue weighted by atomic mass is 9.95. The molecule has 0 heterocycles. The van der Waals surface area contributed by atoms with Crippen molar-refractivity contribution in [2.24, 2.45) is 0 Å². The highest BCUT2D eigenvalue weighted by Gasteiger charge is 2.29. The molecule has 1 saturated carbocycles. The monoisotopic (exact) mass is 492 g/mol. The molecule has 1 aliphatic rings. The van der Waals surface area contributed by atoms with Crippen molar-refractivity contribution in [1.29, 1.82) is 0 Å². The van der Waals surface area contributed by atoms with Gasteiger partial charge < -0.3 is 19.7 Å². The molecule has 2 aromatic rings. The molecule has 1 aliphatic carbocycles. The summed E-state index contributed by atoms with van der Waals surface area (Å²) in [5.74, 6) is 0.738. The molecule has 0 unspecified atom stereocenters. The Bertz CT molecular complexity index is 946. The smallest absolute Gasteiger partial charge is 0.261 e. The van der Waals surface area contributed by atoms with E-state index in [4.69, 9.17) is 32.7 Å². The zero-order chi connectivity index (χ0) is 23.8. The van der Waals surface area contributed by atoms with Crippen LogP contribution in [0.1, 0.15) is 44.6 Å². The molecule has 0 saturated heterocycles. The fourth-order valence-corrected chi connectivity index (χ4v) is 4.35. The number of ether oxygens (including phenoxy) is 2. The molecule has 0 aliphatic heterocycles. The summed E-state index contributed by atoms with van der Waals surface area (Å²) in [6, 6.07) is 11.5. The lowest BCUT2D eigenvalue weighted by Crippen LogP contribution is -2.51. The van der Waals surface area contributed by atoms with Gasteiger partial charge in [0.2, 0.25) is 5.91 Å². The number of halogens is 2. The first kappa shape index (κ1) is 25.2. The Labute approximate surface area is 205 Å². The van der Waals surface area contributed by atoms with Crippen molar-refractivity contribution >= 4 is 35.0 Å². The van der Waals surface area contributed by atoms with Gasteiger partial charge in [-0.3, -0.25) is 9.59 Å². The molecule has 2 aromatic carbocycles. The van der Waals surface area contributed by atoms with Crippen molar-refractivity contribution in [3.8, 4) is 11.5 Å². The number of rotatable bonds is 9.